The number of nitrogens with zero attached hydrogens (tertiary/aromatic N) is 1. The molecule has 2 heterocycles. The maximum Gasteiger partial charge on any atom is 0.278 e. The normalized spacial score (nSPS) is 19.0. The molecular formula is C21H26N4O5. The molecule has 0 aromatic heterocycles. The van der Waals surface area contributed by atoms with Gasteiger partial charge >= 0.3 is 0 Å². The molecule has 9 heteroatoms. The smallest absolute Gasteiger partial charge is 0.278 e. The van der Waals surface area contributed by atoms with Crippen LogP contribution >= 0.6 is 0 Å². The summed E-state index contributed by atoms with van der Waals surface area (Å²) in [6, 6.07) is 6.11. The van der Waals surface area contributed by atoms with E-state index in [1.807, 2.05) is 6.07 Å². The first-order chi connectivity index (χ1) is 14.5. The number of imide groups is 2. The maximum atomic E-state index is 12.7. The first kappa shape index (κ1) is 21.5. The summed E-state index contributed by atoms with van der Waals surface area (Å²) in [6.07, 6.45) is 5.44. The fraction of sp³-hybridized carbons (Fsp3) is 0.429. The number of hydrogen-bond donors (Lipinski definition) is 3. The fourth-order valence-corrected chi connectivity index (χ4v) is 3.41. The van der Waals surface area contributed by atoms with Gasteiger partial charge in [0.25, 0.3) is 11.8 Å². The minimum atomic E-state index is -0.979. The van der Waals surface area contributed by atoms with E-state index in [-0.39, 0.29) is 18.5 Å². The van der Waals surface area contributed by atoms with Crippen LogP contribution in [0, 0.1) is 0 Å². The molecule has 0 saturated carbocycles. The van der Waals surface area contributed by atoms with Crippen molar-refractivity contribution in [2.75, 3.05) is 18.5 Å². The van der Waals surface area contributed by atoms with Crippen LogP contribution in [0.1, 0.15) is 38.5 Å². The molecule has 0 bridgehead atoms. The van der Waals surface area contributed by atoms with Crippen molar-refractivity contribution in [3.05, 3.63) is 36.0 Å². The minimum absolute atomic E-state index is 0.0728. The molecule has 0 radical (unpaired) electrons. The number of ether oxygens (including phenoxy) is 1. The number of nitrogens with two attached hydrogens (primary N) is 1. The largest absolute Gasteiger partial charge is 0.494 e. The van der Waals surface area contributed by atoms with Crippen LogP contribution < -0.4 is 21.1 Å². The molecule has 1 atom stereocenters. The molecule has 30 heavy (non-hydrogen) atoms. The molecule has 160 valence electrons. The number of benzene rings is 1. The molecule has 9 nitrogen and oxygen atoms in total. The van der Waals surface area contributed by atoms with Gasteiger partial charge in [-0.05, 0) is 37.9 Å². The van der Waals surface area contributed by atoms with Crippen LogP contribution in [0.15, 0.2) is 36.0 Å². The molecule has 1 aromatic carbocycles. The molecule has 1 fully saturated rings. The van der Waals surface area contributed by atoms with Crippen LogP contribution in [0.2, 0.25) is 0 Å². The fourth-order valence-electron chi connectivity index (χ4n) is 3.41. The molecule has 2 aliphatic heterocycles. The molecule has 1 aromatic rings. The predicted octanol–water partition coefficient (Wildman–Crippen LogP) is 1.05. The number of nitrogens with one attached hydrogen (secondary N) is 2. The van der Waals surface area contributed by atoms with Gasteiger partial charge in [0.05, 0.1) is 6.61 Å². The Hall–Kier alpha value is -3.20. The van der Waals surface area contributed by atoms with Gasteiger partial charge < -0.3 is 15.8 Å². The standard InChI is InChI=1S/C21H26N4O5/c22-10-3-1-2-4-11-30-15-7-5-6-14(12-15)23-16-13-19(27)25(21(16)29)17-8-9-18(26)24-20(17)28/h5-7,12-13,17,23H,1-4,8-11,22H2,(H,24,26,28). The van der Waals surface area contributed by atoms with Crippen LogP contribution in [-0.2, 0) is 19.2 Å². The Morgan fingerprint density at radius 1 is 1.13 bits per heavy atom. The summed E-state index contributed by atoms with van der Waals surface area (Å²) >= 11 is 0. The lowest BCUT2D eigenvalue weighted by Crippen LogP contribution is -2.54. The predicted molar refractivity (Wildman–Crippen MR) is 109 cm³/mol. The first-order valence-corrected chi connectivity index (χ1v) is 10.1. The summed E-state index contributed by atoms with van der Waals surface area (Å²) in [6.45, 7) is 1.28. The molecule has 4 amide bonds. The Bertz CT molecular complexity index is 867. The van der Waals surface area contributed by atoms with Crippen LogP contribution in [-0.4, -0.2) is 47.7 Å². The molecule has 3 rings (SSSR count). The highest BCUT2D eigenvalue weighted by Gasteiger charge is 2.42. The Labute approximate surface area is 174 Å². The van der Waals surface area contributed by atoms with Crippen molar-refractivity contribution in [1.29, 1.82) is 0 Å². The second kappa shape index (κ2) is 10.0. The van der Waals surface area contributed by atoms with Gasteiger partial charge in [-0.3, -0.25) is 29.4 Å². The molecule has 0 spiro atoms. The number of hydrogen-bond acceptors (Lipinski definition) is 7. The SMILES string of the molecule is NCCCCCCOc1cccc(NC2=CC(=O)N(C3CCC(=O)NC3=O)C2=O)c1. The number of rotatable bonds is 10. The first-order valence-electron chi connectivity index (χ1n) is 10.1. The van der Waals surface area contributed by atoms with E-state index in [2.05, 4.69) is 10.6 Å². The van der Waals surface area contributed by atoms with E-state index in [9.17, 15) is 19.2 Å². The average molecular weight is 414 g/mol. The average Bonchev–Trinajstić information content (AvgIpc) is 2.98. The van der Waals surface area contributed by atoms with Crippen molar-refractivity contribution in [3.8, 4) is 5.75 Å². The van der Waals surface area contributed by atoms with Crippen molar-refractivity contribution >= 4 is 29.3 Å². The molecule has 1 unspecified atom stereocenters. The summed E-state index contributed by atoms with van der Waals surface area (Å²) < 4.78 is 5.74. The van der Waals surface area contributed by atoms with Crippen molar-refractivity contribution < 1.29 is 23.9 Å². The monoisotopic (exact) mass is 414 g/mol. The molecular weight excluding hydrogens is 388 g/mol. The third kappa shape index (κ3) is 5.24. The summed E-state index contributed by atoms with van der Waals surface area (Å²) in [5.74, 6) is -1.57. The van der Waals surface area contributed by atoms with Crippen LogP contribution in [0.5, 0.6) is 5.75 Å². The highest BCUT2D eigenvalue weighted by molar-refractivity contribution is 6.20. The molecule has 4 N–H and O–H groups in total. The van der Waals surface area contributed by atoms with E-state index < -0.39 is 29.7 Å². The Morgan fingerprint density at radius 2 is 1.93 bits per heavy atom. The number of unbranched alkanes of at least 4 members (excludes halogenated alkanes) is 3. The summed E-state index contributed by atoms with van der Waals surface area (Å²) in [5, 5.41) is 5.09. The zero-order chi connectivity index (χ0) is 21.5. The second-order valence-corrected chi connectivity index (χ2v) is 7.24. The molecule has 0 aliphatic carbocycles. The Balaban J connectivity index is 1.57. The van der Waals surface area contributed by atoms with Gasteiger partial charge in [0.15, 0.2) is 0 Å². The van der Waals surface area contributed by atoms with E-state index in [1.54, 1.807) is 18.2 Å². The Kier molecular flexibility index (Phi) is 7.18. The number of carbonyl (C=O) groups excluding carboxylic acids is 4. The van der Waals surface area contributed by atoms with Crippen LogP contribution in [0.3, 0.4) is 0 Å². The molecule has 1 saturated heterocycles. The van der Waals surface area contributed by atoms with E-state index in [1.165, 1.54) is 0 Å². The van der Waals surface area contributed by atoms with Gasteiger partial charge in [-0.15, -0.1) is 0 Å². The number of carbonyl (C=O) groups is 4. The van der Waals surface area contributed by atoms with Gasteiger partial charge in [-0.25, -0.2) is 0 Å². The summed E-state index contributed by atoms with van der Waals surface area (Å²) in [7, 11) is 0. The van der Waals surface area contributed by atoms with E-state index in [4.69, 9.17) is 10.5 Å². The highest BCUT2D eigenvalue weighted by atomic mass is 16.5. The van der Waals surface area contributed by atoms with Crippen molar-refractivity contribution in [3.63, 3.8) is 0 Å². The van der Waals surface area contributed by atoms with Crippen molar-refractivity contribution in [2.45, 2.75) is 44.6 Å². The summed E-state index contributed by atoms with van der Waals surface area (Å²) in [5.41, 5.74) is 6.14. The van der Waals surface area contributed by atoms with Gasteiger partial charge in [0, 0.05) is 24.3 Å². The number of anilines is 1. The van der Waals surface area contributed by atoms with Gasteiger partial charge in [0.2, 0.25) is 11.8 Å². The lowest BCUT2D eigenvalue weighted by molar-refractivity contribution is -0.149. The summed E-state index contributed by atoms with van der Waals surface area (Å²) in [4.78, 5) is 49.3. The lowest BCUT2D eigenvalue weighted by Gasteiger charge is -2.28. The zero-order valence-electron chi connectivity index (χ0n) is 16.7. The van der Waals surface area contributed by atoms with E-state index in [0.717, 1.165) is 36.7 Å². The maximum absolute atomic E-state index is 12.7. The molecule has 2 aliphatic rings. The van der Waals surface area contributed by atoms with Crippen LogP contribution in [0.25, 0.3) is 0 Å². The number of amides is 4. The van der Waals surface area contributed by atoms with Gasteiger partial charge in [-0.2, -0.15) is 0 Å². The third-order valence-electron chi connectivity index (χ3n) is 4.96. The second-order valence-electron chi connectivity index (χ2n) is 7.24. The third-order valence-corrected chi connectivity index (χ3v) is 4.96. The number of piperidine rings is 1. The van der Waals surface area contributed by atoms with E-state index in [0.29, 0.717) is 24.6 Å². The van der Waals surface area contributed by atoms with Crippen LogP contribution in [0.4, 0.5) is 5.69 Å². The van der Waals surface area contributed by atoms with Gasteiger partial charge in [-0.1, -0.05) is 18.9 Å². The highest BCUT2D eigenvalue weighted by Crippen LogP contribution is 2.24. The topological polar surface area (TPSA) is 131 Å². The van der Waals surface area contributed by atoms with Gasteiger partial charge in [0.1, 0.15) is 17.5 Å². The quantitative estimate of drug-likeness (QED) is 0.385. The zero-order valence-corrected chi connectivity index (χ0v) is 16.7. The Morgan fingerprint density at radius 3 is 2.70 bits per heavy atom. The van der Waals surface area contributed by atoms with Crippen molar-refractivity contribution in [2.24, 2.45) is 5.73 Å². The van der Waals surface area contributed by atoms with Crippen molar-refractivity contribution in [1.82, 2.24) is 10.2 Å². The van der Waals surface area contributed by atoms with E-state index >= 15 is 0 Å². The lowest BCUT2D eigenvalue weighted by atomic mass is 10.0. The minimum Gasteiger partial charge on any atom is -0.494 e.